The molecule has 0 saturated carbocycles. The van der Waals surface area contributed by atoms with Crippen LogP contribution >= 0.6 is 0 Å². The van der Waals surface area contributed by atoms with Crippen LogP contribution in [-0.2, 0) is 9.84 Å². The third-order valence-electron chi connectivity index (χ3n) is 5.03. The third kappa shape index (κ3) is 3.25. The molecule has 1 amide bonds. The van der Waals surface area contributed by atoms with Crippen molar-refractivity contribution in [3.63, 3.8) is 0 Å². The lowest BCUT2D eigenvalue weighted by atomic mass is 10.0. The minimum absolute atomic E-state index is 0.0284. The van der Waals surface area contributed by atoms with Gasteiger partial charge in [-0.1, -0.05) is 38.1 Å². The first-order chi connectivity index (χ1) is 13.8. The fraction of sp³-hybridized carbons (Fsp3) is 0.130. The molecule has 0 radical (unpaired) electrons. The van der Waals surface area contributed by atoms with E-state index in [0.29, 0.717) is 11.6 Å². The van der Waals surface area contributed by atoms with Crippen LogP contribution in [0.25, 0.3) is 0 Å². The van der Waals surface area contributed by atoms with Crippen molar-refractivity contribution in [1.29, 1.82) is 0 Å². The van der Waals surface area contributed by atoms with E-state index in [0.717, 1.165) is 5.56 Å². The van der Waals surface area contributed by atoms with Gasteiger partial charge in [-0.2, -0.15) is 0 Å². The van der Waals surface area contributed by atoms with E-state index in [4.69, 9.17) is 0 Å². The van der Waals surface area contributed by atoms with E-state index in [1.54, 1.807) is 12.1 Å². The monoisotopic (exact) mass is 405 g/mol. The first kappa shape index (κ1) is 19.1. The van der Waals surface area contributed by atoms with Gasteiger partial charge in [0.1, 0.15) is 0 Å². The Hall–Kier alpha value is -3.25. The standard InChI is InChI=1S/C23H19NO4S/c1-14(2)15-7-10-17(11-8-15)24-23(26)16-9-12-19-21(13-16)29(27,28)20-6-4-3-5-18(20)22(19)25/h3-14H,1-2H3,(H,24,26). The Bertz CT molecular complexity index is 1240. The number of ketones is 1. The highest BCUT2D eigenvalue weighted by Crippen LogP contribution is 2.34. The number of amides is 1. The molecular formula is C23H19NO4S. The van der Waals surface area contributed by atoms with Crippen LogP contribution in [0, 0.1) is 0 Å². The van der Waals surface area contributed by atoms with Crippen molar-refractivity contribution < 1.29 is 18.0 Å². The van der Waals surface area contributed by atoms with Gasteiger partial charge in [0, 0.05) is 22.4 Å². The molecule has 0 bridgehead atoms. The Kier molecular flexibility index (Phi) is 4.59. The van der Waals surface area contributed by atoms with Gasteiger partial charge >= 0.3 is 0 Å². The van der Waals surface area contributed by atoms with E-state index in [-0.39, 0.29) is 32.3 Å². The molecule has 5 nitrogen and oxygen atoms in total. The second-order valence-electron chi connectivity index (χ2n) is 7.27. The van der Waals surface area contributed by atoms with Crippen molar-refractivity contribution in [1.82, 2.24) is 0 Å². The molecule has 0 spiro atoms. The summed E-state index contributed by atoms with van der Waals surface area (Å²) in [5, 5.41) is 2.77. The largest absolute Gasteiger partial charge is 0.322 e. The lowest BCUT2D eigenvalue weighted by Crippen LogP contribution is -2.21. The van der Waals surface area contributed by atoms with Gasteiger partial charge in [-0.3, -0.25) is 9.59 Å². The van der Waals surface area contributed by atoms with E-state index < -0.39 is 15.7 Å². The highest BCUT2D eigenvalue weighted by atomic mass is 32.2. The lowest BCUT2D eigenvalue weighted by Gasteiger charge is -2.19. The zero-order valence-electron chi connectivity index (χ0n) is 16.0. The van der Waals surface area contributed by atoms with Crippen LogP contribution in [0.4, 0.5) is 5.69 Å². The zero-order valence-corrected chi connectivity index (χ0v) is 16.8. The Balaban J connectivity index is 1.68. The van der Waals surface area contributed by atoms with Gasteiger partial charge in [0.2, 0.25) is 9.84 Å². The van der Waals surface area contributed by atoms with Gasteiger partial charge in [0.25, 0.3) is 5.91 Å². The lowest BCUT2D eigenvalue weighted by molar-refractivity contribution is 0.101. The second kappa shape index (κ2) is 6.97. The summed E-state index contributed by atoms with van der Waals surface area (Å²) in [6, 6.07) is 17.8. The maximum absolute atomic E-state index is 13.0. The zero-order chi connectivity index (χ0) is 20.8. The number of anilines is 1. The maximum atomic E-state index is 13.0. The summed E-state index contributed by atoms with van der Waals surface area (Å²) < 4.78 is 26.0. The summed E-state index contributed by atoms with van der Waals surface area (Å²) in [5.74, 6) is -0.417. The molecule has 1 aliphatic rings. The van der Waals surface area contributed by atoms with E-state index in [9.17, 15) is 18.0 Å². The number of sulfone groups is 1. The van der Waals surface area contributed by atoms with Crippen LogP contribution in [0.5, 0.6) is 0 Å². The summed E-state index contributed by atoms with van der Waals surface area (Å²) in [5.41, 5.74) is 2.18. The van der Waals surface area contributed by atoms with Crippen molar-refractivity contribution in [2.45, 2.75) is 29.6 Å². The van der Waals surface area contributed by atoms with Crippen LogP contribution in [-0.4, -0.2) is 20.1 Å². The molecule has 0 fully saturated rings. The SMILES string of the molecule is CC(C)c1ccc(NC(=O)c2ccc3c(c2)S(=O)(=O)c2ccccc2C3=O)cc1. The molecule has 29 heavy (non-hydrogen) atoms. The summed E-state index contributed by atoms with van der Waals surface area (Å²) in [7, 11) is -3.88. The minimum Gasteiger partial charge on any atom is -0.322 e. The van der Waals surface area contributed by atoms with Gasteiger partial charge in [0.15, 0.2) is 5.78 Å². The van der Waals surface area contributed by atoms with E-state index in [1.807, 2.05) is 24.3 Å². The van der Waals surface area contributed by atoms with Crippen molar-refractivity contribution >= 4 is 27.2 Å². The van der Waals surface area contributed by atoms with Crippen LogP contribution < -0.4 is 5.32 Å². The molecule has 6 heteroatoms. The minimum atomic E-state index is -3.88. The molecule has 146 valence electrons. The Morgan fingerprint density at radius 3 is 2.21 bits per heavy atom. The van der Waals surface area contributed by atoms with Gasteiger partial charge in [-0.25, -0.2) is 8.42 Å². The first-order valence-electron chi connectivity index (χ1n) is 9.23. The summed E-state index contributed by atoms with van der Waals surface area (Å²) in [6.45, 7) is 4.17. The van der Waals surface area contributed by atoms with E-state index in [1.165, 1.54) is 30.3 Å². The molecular weight excluding hydrogens is 386 g/mol. The highest BCUT2D eigenvalue weighted by Gasteiger charge is 2.35. The molecule has 0 unspecified atom stereocenters. The Labute approximate surface area is 169 Å². The molecule has 0 aromatic heterocycles. The summed E-state index contributed by atoms with van der Waals surface area (Å²) >= 11 is 0. The van der Waals surface area contributed by atoms with Crippen molar-refractivity contribution in [2.24, 2.45) is 0 Å². The number of fused-ring (bicyclic) bond motifs is 2. The predicted molar refractivity (Wildman–Crippen MR) is 110 cm³/mol. The second-order valence-corrected chi connectivity index (χ2v) is 9.16. The molecule has 0 aliphatic carbocycles. The first-order valence-corrected chi connectivity index (χ1v) is 10.7. The average molecular weight is 405 g/mol. The Morgan fingerprint density at radius 1 is 0.862 bits per heavy atom. The molecule has 4 rings (SSSR count). The van der Waals surface area contributed by atoms with E-state index >= 15 is 0 Å². The van der Waals surface area contributed by atoms with Gasteiger partial charge < -0.3 is 5.32 Å². The van der Waals surface area contributed by atoms with Crippen molar-refractivity contribution in [2.75, 3.05) is 5.32 Å². The maximum Gasteiger partial charge on any atom is 0.255 e. The van der Waals surface area contributed by atoms with Crippen molar-refractivity contribution in [3.05, 3.63) is 89.0 Å². The summed E-state index contributed by atoms with van der Waals surface area (Å²) in [4.78, 5) is 25.2. The molecule has 0 saturated heterocycles. The fourth-order valence-corrected chi connectivity index (χ4v) is 5.06. The smallest absolute Gasteiger partial charge is 0.255 e. The van der Waals surface area contributed by atoms with Gasteiger partial charge in [-0.05, 0) is 53.9 Å². The molecule has 3 aromatic rings. The van der Waals surface area contributed by atoms with Crippen LogP contribution in [0.1, 0.15) is 51.6 Å². The number of hydrogen-bond donors (Lipinski definition) is 1. The molecule has 1 N–H and O–H groups in total. The number of rotatable bonds is 3. The molecule has 1 heterocycles. The third-order valence-corrected chi connectivity index (χ3v) is 6.89. The van der Waals surface area contributed by atoms with Gasteiger partial charge in [-0.15, -0.1) is 0 Å². The number of benzene rings is 3. The average Bonchev–Trinajstić information content (AvgIpc) is 2.72. The number of hydrogen-bond acceptors (Lipinski definition) is 4. The van der Waals surface area contributed by atoms with Gasteiger partial charge in [0.05, 0.1) is 9.79 Å². The quantitative estimate of drug-likeness (QED) is 0.546. The van der Waals surface area contributed by atoms with Crippen LogP contribution in [0.15, 0.2) is 76.5 Å². The summed E-state index contributed by atoms with van der Waals surface area (Å²) in [6.07, 6.45) is 0. The van der Waals surface area contributed by atoms with E-state index in [2.05, 4.69) is 19.2 Å². The molecule has 0 atom stereocenters. The van der Waals surface area contributed by atoms with Crippen molar-refractivity contribution in [3.8, 4) is 0 Å². The fourth-order valence-electron chi connectivity index (χ4n) is 3.38. The Morgan fingerprint density at radius 2 is 1.52 bits per heavy atom. The van der Waals surface area contributed by atoms with Crippen LogP contribution in [0.2, 0.25) is 0 Å². The van der Waals surface area contributed by atoms with Crippen LogP contribution in [0.3, 0.4) is 0 Å². The highest BCUT2D eigenvalue weighted by molar-refractivity contribution is 7.91. The number of carbonyl (C=O) groups is 2. The molecule has 1 aliphatic heterocycles. The number of carbonyl (C=O) groups excluding carboxylic acids is 2. The normalized spacial score (nSPS) is 14.2. The molecule has 3 aromatic carbocycles. The predicted octanol–water partition coefficient (Wildman–Crippen LogP) is 4.44. The number of nitrogens with one attached hydrogen (secondary N) is 1. The topological polar surface area (TPSA) is 80.3 Å².